The van der Waals surface area contributed by atoms with E-state index in [0.717, 1.165) is 19.3 Å². The van der Waals surface area contributed by atoms with Crippen molar-refractivity contribution >= 4 is 0 Å². The first-order valence-electron chi connectivity index (χ1n) is 12.3. The van der Waals surface area contributed by atoms with Gasteiger partial charge in [0, 0.05) is 12.8 Å². The molecule has 0 N–H and O–H groups in total. The number of hydrogen-bond acceptors (Lipinski definition) is 3. The molecule has 3 heteroatoms. The molecule has 1 saturated heterocycles. The lowest BCUT2D eigenvalue weighted by atomic mass is 9.94. The second-order valence-corrected chi connectivity index (χ2v) is 9.04. The fourth-order valence-electron chi connectivity index (χ4n) is 4.75. The molecule has 1 aliphatic carbocycles. The van der Waals surface area contributed by atoms with E-state index in [-0.39, 0.29) is 18.0 Å². The van der Waals surface area contributed by atoms with E-state index in [9.17, 15) is 0 Å². The Morgan fingerprint density at radius 1 is 0.931 bits per heavy atom. The van der Waals surface area contributed by atoms with Gasteiger partial charge in [0.25, 0.3) is 0 Å². The van der Waals surface area contributed by atoms with Crippen molar-refractivity contribution in [2.75, 3.05) is 6.61 Å². The number of benzene rings is 1. The first-order valence-corrected chi connectivity index (χ1v) is 12.3. The van der Waals surface area contributed by atoms with Crippen LogP contribution in [0.3, 0.4) is 0 Å². The summed E-state index contributed by atoms with van der Waals surface area (Å²) in [7, 11) is 0. The lowest BCUT2D eigenvalue weighted by Gasteiger charge is -2.33. The minimum atomic E-state index is -0.309. The largest absolute Gasteiger partial charge is 0.371 e. The van der Waals surface area contributed by atoms with Gasteiger partial charge in [0.15, 0.2) is 5.79 Å². The highest BCUT2D eigenvalue weighted by atomic mass is 16.8. The van der Waals surface area contributed by atoms with Crippen LogP contribution in [0.15, 0.2) is 30.3 Å². The van der Waals surface area contributed by atoms with Crippen molar-refractivity contribution in [2.45, 2.75) is 121 Å². The van der Waals surface area contributed by atoms with Gasteiger partial charge >= 0.3 is 0 Å². The lowest BCUT2D eigenvalue weighted by Crippen LogP contribution is -2.37. The molecule has 2 fully saturated rings. The van der Waals surface area contributed by atoms with Gasteiger partial charge in [-0.05, 0) is 24.8 Å². The summed E-state index contributed by atoms with van der Waals surface area (Å²) in [5, 5.41) is 0. The predicted molar refractivity (Wildman–Crippen MR) is 119 cm³/mol. The van der Waals surface area contributed by atoms with Crippen molar-refractivity contribution in [1.29, 1.82) is 0 Å². The van der Waals surface area contributed by atoms with Crippen LogP contribution in [-0.4, -0.2) is 24.6 Å². The molecule has 0 bridgehead atoms. The molecule has 0 aromatic heterocycles. The molecule has 1 aromatic carbocycles. The van der Waals surface area contributed by atoms with Gasteiger partial charge in [0.05, 0.1) is 19.3 Å². The van der Waals surface area contributed by atoms with Gasteiger partial charge in [0.1, 0.15) is 6.10 Å². The maximum Gasteiger partial charge on any atom is 0.169 e. The average Bonchev–Trinajstić information content (AvgIpc) is 3.16. The first-order chi connectivity index (χ1) is 14.3. The smallest absolute Gasteiger partial charge is 0.169 e. The zero-order valence-corrected chi connectivity index (χ0v) is 18.6. The molecule has 164 valence electrons. The Hall–Kier alpha value is -0.900. The van der Waals surface area contributed by atoms with Crippen molar-refractivity contribution in [3.63, 3.8) is 0 Å². The quantitative estimate of drug-likeness (QED) is 0.327. The van der Waals surface area contributed by atoms with Crippen LogP contribution in [0.2, 0.25) is 0 Å². The highest BCUT2D eigenvalue weighted by molar-refractivity contribution is 5.13. The molecule has 1 aliphatic heterocycles. The highest BCUT2D eigenvalue weighted by Crippen LogP contribution is 2.39. The summed E-state index contributed by atoms with van der Waals surface area (Å²) in [5.74, 6) is -0.309. The van der Waals surface area contributed by atoms with Crippen LogP contribution in [-0.2, 0) is 20.8 Å². The lowest BCUT2D eigenvalue weighted by molar-refractivity contribution is -0.199. The fraction of sp³-hybridized carbons (Fsp3) is 0.769. The van der Waals surface area contributed by atoms with Gasteiger partial charge in [-0.2, -0.15) is 0 Å². The van der Waals surface area contributed by atoms with Gasteiger partial charge in [-0.1, -0.05) is 95.0 Å². The Kier molecular flexibility index (Phi) is 9.99. The van der Waals surface area contributed by atoms with Crippen LogP contribution in [0, 0.1) is 0 Å². The molecule has 1 spiro atoms. The van der Waals surface area contributed by atoms with Crippen LogP contribution in [0.1, 0.15) is 102 Å². The van der Waals surface area contributed by atoms with E-state index in [4.69, 9.17) is 14.2 Å². The Labute approximate surface area is 178 Å². The summed E-state index contributed by atoms with van der Waals surface area (Å²) in [5.41, 5.74) is 1.24. The van der Waals surface area contributed by atoms with Crippen LogP contribution >= 0.6 is 0 Å². The predicted octanol–water partition coefficient (Wildman–Crippen LogP) is 7.18. The molecule has 1 saturated carbocycles. The summed E-state index contributed by atoms with van der Waals surface area (Å²) in [4.78, 5) is 0. The average molecular weight is 403 g/mol. The zero-order valence-electron chi connectivity index (χ0n) is 18.6. The number of rotatable bonds is 13. The summed E-state index contributed by atoms with van der Waals surface area (Å²) in [6.45, 7) is 3.63. The number of unbranched alkanes of at least 4 members (excludes halogenated alkanes) is 7. The third-order valence-electron chi connectivity index (χ3n) is 6.56. The third kappa shape index (κ3) is 7.70. The molecular formula is C26H42O3. The van der Waals surface area contributed by atoms with Crippen molar-refractivity contribution in [3.05, 3.63) is 35.9 Å². The molecule has 1 heterocycles. The zero-order chi connectivity index (χ0) is 20.2. The third-order valence-corrected chi connectivity index (χ3v) is 6.56. The summed E-state index contributed by atoms with van der Waals surface area (Å²) in [6.07, 6.45) is 17.9. The van der Waals surface area contributed by atoms with Crippen molar-refractivity contribution in [2.24, 2.45) is 0 Å². The standard InChI is InChI=1S/C26H42O3/c1-2-3-4-5-6-7-8-13-18-24(27-21-23-16-11-9-12-17-23)25-22-28-26(29-25)19-14-10-15-20-26/h9,11-12,16-17,24-25H,2-8,10,13-15,18-22H2,1H3/t24-,25-/m1/s1. The van der Waals surface area contributed by atoms with Gasteiger partial charge < -0.3 is 14.2 Å². The van der Waals surface area contributed by atoms with E-state index in [1.54, 1.807) is 0 Å². The number of ether oxygens (including phenoxy) is 3. The van der Waals surface area contributed by atoms with E-state index in [1.165, 1.54) is 76.2 Å². The van der Waals surface area contributed by atoms with E-state index in [2.05, 4.69) is 37.3 Å². The molecular weight excluding hydrogens is 360 g/mol. The van der Waals surface area contributed by atoms with E-state index in [1.807, 2.05) is 0 Å². The van der Waals surface area contributed by atoms with Gasteiger partial charge in [-0.15, -0.1) is 0 Å². The molecule has 29 heavy (non-hydrogen) atoms. The van der Waals surface area contributed by atoms with Crippen LogP contribution in [0.4, 0.5) is 0 Å². The fourth-order valence-corrected chi connectivity index (χ4v) is 4.75. The molecule has 2 aliphatic rings. The highest BCUT2D eigenvalue weighted by Gasteiger charge is 2.44. The molecule has 0 amide bonds. The summed E-state index contributed by atoms with van der Waals surface area (Å²) >= 11 is 0. The topological polar surface area (TPSA) is 27.7 Å². The van der Waals surface area contributed by atoms with E-state index >= 15 is 0 Å². The van der Waals surface area contributed by atoms with Crippen LogP contribution in [0.5, 0.6) is 0 Å². The second kappa shape index (κ2) is 12.7. The first kappa shape index (κ1) is 22.8. The van der Waals surface area contributed by atoms with E-state index < -0.39 is 0 Å². The number of hydrogen-bond donors (Lipinski definition) is 0. The molecule has 1 aromatic rings. The van der Waals surface area contributed by atoms with Crippen LogP contribution in [0.25, 0.3) is 0 Å². The normalized spacial score (nSPS) is 22.2. The summed E-state index contributed by atoms with van der Waals surface area (Å²) in [6, 6.07) is 10.5. The Balaban J connectivity index is 1.44. The molecule has 3 rings (SSSR count). The van der Waals surface area contributed by atoms with E-state index in [0.29, 0.717) is 13.2 Å². The maximum absolute atomic E-state index is 6.52. The monoisotopic (exact) mass is 402 g/mol. The van der Waals surface area contributed by atoms with Gasteiger partial charge in [0.2, 0.25) is 0 Å². The second-order valence-electron chi connectivity index (χ2n) is 9.04. The minimum absolute atomic E-state index is 0.0846. The molecule has 2 atom stereocenters. The van der Waals surface area contributed by atoms with Crippen molar-refractivity contribution in [1.82, 2.24) is 0 Å². The Bertz CT molecular complexity index is 538. The Morgan fingerprint density at radius 2 is 1.62 bits per heavy atom. The maximum atomic E-state index is 6.52. The van der Waals surface area contributed by atoms with Gasteiger partial charge in [-0.25, -0.2) is 0 Å². The molecule has 0 radical (unpaired) electrons. The van der Waals surface area contributed by atoms with Gasteiger partial charge in [-0.3, -0.25) is 0 Å². The Morgan fingerprint density at radius 3 is 2.34 bits per heavy atom. The minimum Gasteiger partial charge on any atom is -0.371 e. The molecule has 3 nitrogen and oxygen atoms in total. The molecule has 0 unspecified atom stereocenters. The van der Waals surface area contributed by atoms with Crippen molar-refractivity contribution < 1.29 is 14.2 Å². The summed E-state index contributed by atoms with van der Waals surface area (Å²) < 4.78 is 19.1. The van der Waals surface area contributed by atoms with Crippen LogP contribution < -0.4 is 0 Å². The SMILES string of the molecule is CCCCCCCCCC[C@@H](OCc1ccccc1)[C@H]1COC2(CCCCC2)O1. The van der Waals surface area contributed by atoms with Crippen molar-refractivity contribution in [3.8, 4) is 0 Å².